The number of carboxylic acids is 1. The average molecular weight is 242 g/mol. The fourth-order valence-corrected chi connectivity index (χ4v) is 1.62. The molecule has 0 atom stereocenters. The molecule has 0 aromatic heterocycles. The highest BCUT2D eigenvalue weighted by Crippen LogP contribution is 2.25. The molecule has 4 heteroatoms. The molecule has 0 saturated heterocycles. The number of carboxylic acid groups (broad SMARTS) is 1. The van der Waals surface area contributed by atoms with Crippen LogP contribution in [0.1, 0.15) is 5.56 Å². The summed E-state index contributed by atoms with van der Waals surface area (Å²) in [4.78, 5) is 21.3. The van der Waals surface area contributed by atoms with E-state index in [9.17, 15) is 14.7 Å². The molecule has 2 N–H and O–H groups in total. The van der Waals surface area contributed by atoms with E-state index < -0.39 is 11.8 Å². The maximum atomic E-state index is 10.9. The smallest absolute Gasteiger partial charge is 0.376 e. The van der Waals surface area contributed by atoms with Crippen LogP contribution in [0.15, 0.2) is 42.5 Å². The first kappa shape index (κ1) is 11.9. The number of benzene rings is 2. The Hall–Kier alpha value is -2.62. The van der Waals surface area contributed by atoms with Gasteiger partial charge >= 0.3 is 5.97 Å². The first-order valence-corrected chi connectivity index (χ1v) is 5.25. The number of fused-ring (bicyclic) bond motifs is 1. The molecule has 0 saturated carbocycles. The van der Waals surface area contributed by atoms with Gasteiger partial charge in [0, 0.05) is 5.56 Å². The van der Waals surface area contributed by atoms with Crippen LogP contribution in [0.5, 0.6) is 5.75 Å². The highest BCUT2D eigenvalue weighted by atomic mass is 16.4. The summed E-state index contributed by atoms with van der Waals surface area (Å²) < 4.78 is 0. The number of rotatable bonds is 3. The Kier molecular flexibility index (Phi) is 3.10. The number of carbonyl (C=O) groups is 2. The van der Waals surface area contributed by atoms with Crippen molar-refractivity contribution in [3.8, 4) is 5.75 Å². The summed E-state index contributed by atoms with van der Waals surface area (Å²) in [5, 5.41) is 20.0. The quantitative estimate of drug-likeness (QED) is 0.639. The van der Waals surface area contributed by atoms with Crippen LogP contribution in [0.3, 0.4) is 0 Å². The van der Waals surface area contributed by atoms with Crippen molar-refractivity contribution in [3.63, 3.8) is 0 Å². The predicted octanol–water partition coefficient (Wildman–Crippen LogP) is 2.21. The number of ketones is 1. The van der Waals surface area contributed by atoms with Gasteiger partial charge < -0.3 is 10.2 Å². The lowest BCUT2D eigenvalue weighted by Crippen LogP contribution is -2.08. The van der Waals surface area contributed by atoms with Gasteiger partial charge in [0.05, 0.1) is 0 Å². The SMILES string of the molecule is O=C(O)C(=O)C=Cc1cc2ccccc2cc1O. The summed E-state index contributed by atoms with van der Waals surface area (Å²) >= 11 is 0. The van der Waals surface area contributed by atoms with E-state index in [4.69, 9.17) is 5.11 Å². The maximum Gasteiger partial charge on any atom is 0.376 e. The van der Waals surface area contributed by atoms with Crippen LogP contribution in [0.2, 0.25) is 0 Å². The van der Waals surface area contributed by atoms with E-state index in [1.54, 1.807) is 12.1 Å². The standard InChI is InChI=1S/C14H10O4/c15-12(14(17)18)6-5-11-7-9-3-1-2-4-10(9)8-13(11)16/h1-8,16H,(H,17,18). The lowest BCUT2D eigenvalue weighted by molar-refractivity contribution is -0.146. The van der Waals surface area contributed by atoms with Crippen molar-refractivity contribution < 1.29 is 19.8 Å². The number of phenolic OH excluding ortho intramolecular Hbond substituents is 1. The van der Waals surface area contributed by atoms with Gasteiger partial charge in [0.15, 0.2) is 0 Å². The highest BCUT2D eigenvalue weighted by Gasteiger charge is 2.07. The van der Waals surface area contributed by atoms with E-state index in [-0.39, 0.29) is 5.75 Å². The molecule has 2 aromatic carbocycles. The van der Waals surface area contributed by atoms with E-state index in [0.29, 0.717) is 5.56 Å². The molecule has 0 aliphatic rings. The zero-order chi connectivity index (χ0) is 13.1. The number of hydrogen-bond acceptors (Lipinski definition) is 3. The fraction of sp³-hybridized carbons (Fsp3) is 0. The predicted molar refractivity (Wildman–Crippen MR) is 67.3 cm³/mol. The normalized spacial score (nSPS) is 10.9. The topological polar surface area (TPSA) is 74.6 Å². The third-order valence-corrected chi connectivity index (χ3v) is 2.52. The van der Waals surface area contributed by atoms with Crippen LogP contribution in [-0.4, -0.2) is 22.0 Å². The molecular weight excluding hydrogens is 232 g/mol. The van der Waals surface area contributed by atoms with Crippen molar-refractivity contribution in [1.29, 1.82) is 0 Å². The number of phenols is 1. The van der Waals surface area contributed by atoms with Gasteiger partial charge in [0.2, 0.25) is 0 Å². The Balaban J connectivity index is 2.42. The Bertz CT molecular complexity index is 656. The van der Waals surface area contributed by atoms with Gasteiger partial charge in [-0.1, -0.05) is 24.3 Å². The number of aliphatic carboxylic acids is 1. The summed E-state index contributed by atoms with van der Waals surface area (Å²) in [5.41, 5.74) is 0.406. The minimum atomic E-state index is -1.52. The minimum absolute atomic E-state index is 0.00291. The molecule has 0 unspecified atom stereocenters. The molecule has 0 aliphatic carbocycles. The van der Waals surface area contributed by atoms with Gasteiger partial charge in [0.1, 0.15) is 5.75 Å². The first-order chi connectivity index (χ1) is 8.58. The monoisotopic (exact) mass is 242 g/mol. The lowest BCUT2D eigenvalue weighted by atomic mass is 10.1. The van der Waals surface area contributed by atoms with Crippen molar-refractivity contribution in [3.05, 3.63) is 48.0 Å². The molecule has 4 nitrogen and oxygen atoms in total. The Labute approximate surface area is 103 Å². The van der Waals surface area contributed by atoms with E-state index in [1.807, 2.05) is 24.3 Å². The van der Waals surface area contributed by atoms with Gasteiger partial charge in [-0.25, -0.2) is 4.79 Å². The molecule has 0 spiro atoms. The molecule has 0 heterocycles. The van der Waals surface area contributed by atoms with Crippen LogP contribution in [0, 0.1) is 0 Å². The second-order valence-corrected chi connectivity index (χ2v) is 3.76. The molecule has 90 valence electrons. The lowest BCUT2D eigenvalue weighted by Gasteiger charge is -2.02. The summed E-state index contributed by atoms with van der Waals surface area (Å²) in [7, 11) is 0. The molecule has 0 radical (unpaired) electrons. The van der Waals surface area contributed by atoms with E-state index >= 15 is 0 Å². The van der Waals surface area contributed by atoms with Crippen LogP contribution < -0.4 is 0 Å². The third-order valence-electron chi connectivity index (χ3n) is 2.52. The fourth-order valence-electron chi connectivity index (χ4n) is 1.62. The van der Waals surface area contributed by atoms with Gasteiger partial charge in [0.25, 0.3) is 5.78 Å². The molecule has 2 rings (SSSR count). The minimum Gasteiger partial charge on any atom is -0.507 e. The molecule has 18 heavy (non-hydrogen) atoms. The highest BCUT2D eigenvalue weighted by molar-refractivity contribution is 6.38. The van der Waals surface area contributed by atoms with Crippen molar-refractivity contribution in [2.24, 2.45) is 0 Å². The second kappa shape index (κ2) is 4.71. The second-order valence-electron chi connectivity index (χ2n) is 3.76. The Morgan fingerprint density at radius 2 is 1.67 bits per heavy atom. The van der Waals surface area contributed by atoms with Crippen LogP contribution in [0.4, 0.5) is 0 Å². The summed E-state index contributed by atoms with van der Waals surface area (Å²) in [6, 6.07) is 10.7. The molecule has 0 bridgehead atoms. The number of carbonyl (C=O) groups excluding carboxylic acids is 1. The zero-order valence-electron chi connectivity index (χ0n) is 9.33. The summed E-state index contributed by atoms with van der Waals surface area (Å²) in [6.07, 6.45) is 2.21. The molecule has 0 fully saturated rings. The number of aromatic hydroxyl groups is 1. The van der Waals surface area contributed by atoms with Crippen molar-refractivity contribution in [2.45, 2.75) is 0 Å². The largest absolute Gasteiger partial charge is 0.507 e. The van der Waals surface area contributed by atoms with E-state index in [0.717, 1.165) is 16.8 Å². The summed E-state index contributed by atoms with van der Waals surface area (Å²) in [6.45, 7) is 0. The van der Waals surface area contributed by atoms with Crippen molar-refractivity contribution in [1.82, 2.24) is 0 Å². The molecule has 2 aromatic rings. The van der Waals surface area contributed by atoms with Crippen LogP contribution >= 0.6 is 0 Å². The van der Waals surface area contributed by atoms with Gasteiger partial charge in [-0.05, 0) is 35.1 Å². The maximum absolute atomic E-state index is 10.9. The van der Waals surface area contributed by atoms with Gasteiger partial charge in [-0.3, -0.25) is 4.79 Å². The van der Waals surface area contributed by atoms with E-state index in [2.05, 4.69) is 0 Å². The summed E-state index contributed by atoms with van der Waals surface area (Å²) in [5.74, 6) is -2.54. The third kappa shape index (κ3) is 2.38. The number of hydrogen-bond donors (Lipinski definition) is 2. The van der Waals surface area contributed by atoms with Gasteiger partial charge in [-0.15, -0.1) is 0 Å². The first-order valence-electron chi connectivity index (χ1n) is 5.25. The van der Waals surface area contributed by atoms with E-state index in [1.165, 1.54) is 6.08 Å². The van der Waals surface area contributed by atoms with Crippen LogP contribution in [-0.2, 0) is 9.59 Å². The molecule has 0 aliphatic heterocycles. The van der Waals surface area contributed by atoms with Crippen LogP contribution in [0.25, 0.3) is 16.8 Å². The molecule has 0 amide bonds. The molecular formula is C14H10O4. The van der Waals surface area contributed by atoms with Crippen molar-refractivity contribution >= 4 is 28.6 Å². The Morgan fingerprint density at radius 1 is 1.06 bits per heavy atom. The average Bonchev–Trinajstić information content (AvgIpc) is 2.35. The van der Waals surface area contributed by atoms with Gasteiger partial charge in [-0.2, -0.15) is 0 Å². The Morgan fingerprint density at radius 3 is 2.28 bits per heavy atom. The zero-order valence-corrected chi connectivity index (χ0v) is 9.33. The van der Waals surface area contributed by atoms with Crippen molar-refractivity contribution in [2.75, 3.05) is 0 Å².